The Balaban J connectivity index is 1.01. The molecule has 2 aliphatic carbocycles. The SMILES string of the molecule is COc1ccc(C(=O)N[C@H]2CC[C@@H](N3CCN(C4CC4)CC3)CC2)cc1Nc1ccc2c(n1)N(C1CCOCC1)[C@H](C)C(=O)N2C. The second-order valence-corrected chi connectivity index (χ2v) is 13.7. The number of hydrogen-bond acceptors (Lipinski definition) is 9. The van der Waals surface area contributed by atoms with Crippen molar-refractivity contribution < 1.29 is 19.1 Å². The Morgan fingerprint density at radius 1 is 0.891 bits per heavy atom. The van der Waals surface area contributed by atoms with Crippen LogP contribution in [0.1, 0.15) is 68.6 Å². The highest BCUT2D eigenvalue weighted by Crippen LogP contribution is 2.39. The molecule has 2 N–H and O–H groups in total. The van der Waals surface area contributed by atoms with Crippen LogP contribution < -0.4 is 25.2 Å². The Bertz CT molecular complexity index is 1410. The molecule has 248 valence electrons. The summed E-state index contributed by atoms with van der Waals surface area (Å²) in [5.41, 5.74) is 2.04. The molecule has 2 amide bonds. The van der Waals surface area contributed by atoms with Crippen LogP contribution in [0.15, 0.2) is 30.3 Å². The number of benzene rings is 1. The predicted octanol–water partition coefficient (Wildman–Crippen LogP) is 4.01. The monoisotopic (exact) mass is 631 g/mol. The number of methoxy groups -OCH3 is 1. The van der Waals surface area contributed by atoms with Crippen molar-refractivity contribution in [3.05, 3.63) is 35.9 Å². The van der Waals surface area contributed by atoms with Gasteiger partial charge in [0.1, 0.15) is 17.6 Å². The Hall–Kier alpha value is -3.41. The number of rotatable bonds is 8. The number of pyridine rings is 1. The summed E-state index contributed by atoms with van der Waals surface area (Å²) in [4.78, 5) is 40.8. The Kier molecular flexibility index (Phi) is 9.07. The van der Waals surface area contributed by atoms with Gasteiger partial charge in [-0.25, -0.2) is 4.98 Å². The van der Waals surface area contributed by atoms with Crippen molar-refractivity contribution in [2.45, 2.75) is 88.5 Å². The number of hydrogen-bond donors (Lipinski definition) is 2. The molecule has 2 saturated heterocycles. The van der Waals surface area contributed by atoms with Gasteiger partial charge >= 0.3 is 0 Å². The topological polar surface area (TPSA) is 103 Å². The number of carbonyl (C=O) groups is 2. The molecule has 0 bridgehead atoms. The summed E-state index contributed by atoms with van der Waals surface area (Å²) in [5.74, 6) is 2.02. The highest BCUT2D eigenvalue weighted by Gasteiger charge is 2.39. The number of carbonyl (C=O) groups excluding carboxylic acids is 2. The maximum Gasteiger partial charge on any atom is 0.251 e. The van der Waals surface area contributed by atoms with Crippen LogP contribution in [0, 0.1) is 0 Å². The van der Waals surface area contributed by atoms with Crippen molar-refractivity contribution in [3.63, 3.8) is 0 Å². The Labute approximate surface area is 272 Å². The lowest BCUT2D eigenvalue weighted by Crippen LogP contribution is -2.56. The number of nitrogens with zero attached hydrogens (tertiary/aromatic N) is 5. The van der Waals surface area contributed by atoms with Crippen LogP contribution in [0.2, 0.25) is 0 Å². The smallest absolute Gasteiger partial charge is 0.251 e. The molecular formula is C35H49N7O4. The van der Waals surface area contributed by atoms with Gasteiger partial charge in [0, 0.05) is 76.2 Å². The van der Waals surface area contributed by atoms with Crippen LogP contribution in [0.4, 0.5) is 23.0 Å². The van der Waals surface area contributed by atoms with Crippen molar-refractivity contribution in [3.8, 4) is 5.75 Å². The molecule has 1 atom stereocenters. The van der Waals surface area contributed by atoms with E-state index < -0.39 is 0 Å². The number of anilines is 4. The van der Waals surface area contributed by atoms with Crippen molar-refractivity contribution in [1.29, 1.82) is 0 Å². The summed E-state index contributed by atoms with van der Waals surface area (Å²) < 4.78 is 11.3. The van der Waals surface area contributed by atoms with E-state index in [2.05, 4.69) is 25.3 Å². The summed E-state index contributed by atoms with van der Waals surface area (Å²) in [7, 11) is 3.43. The zero-order valence-electron chi connectivity index (χ0n) is 27.5. The van der Waals surface area contributed by atoms with Crippen LogP contribution in [-0.4, -0.2) is 110 Å². The largest absolute Gasteiger partial charge is 0.495 e. The summed E-state index contributed by atoms with van der Waals surface area (Å²) in [6.07, 6.45) is 8.77. The predicted molar refractivity (Wildman–Crippen MR) is 179 cm³/mol. The first kappa shape index (κ1) is 31.2. The zero-order chi connectivity index (χ0) is 31.8. The van der Waals surface area contributed by atoms with Gasteiger partial charge in [0.15, 0.2) is 5.82 Å². The molecule has 1 aromatic heterocycles. The number of aromatic nitrogens is 1. The summed E-state index contributed by atoms with van der Waals surface area (Å²) in [5, 5.41) is 6.72. The van der Waals surface area contributed by atoms with Crippen LogP contribution in [0.3, 0.4) is 0 Å². The van der Waals surface area contributed by atoms with Gasteiger partial charge < -0.3 is 29.9 Å². The molecule has 4 fully saturated rings. The molecule has 0 spiro atoms. The molecule has 2 saturated carbocycles. The van der Waals surface area contributed by atoms with E-state index in [1.807, 2.05) is 37.3 Å². The number of likely N-dealkylation sites (N-methyl/N-ethyl adjacent to an activating group) is 1. The lowest BCUT2D eigenvalue weighted by atomic mass is 9.89. The average molecular weight is 632 g/mol. The number of amides is 2. The molecular weight excluding hydrogens is 582 g/mol. The number of ether oxygens (including phenoxy) is 2. The average Bonchev–Trinajstić information content (AvgIpc) is 3.94. The molecule has 1 aromatic carbocycles. The van der Waals surface area contributed by atoms with Crippen LogP contribution >= 0.6 is 0 Å². The van der Waals surface area contributed by atoms with Gasteiger partial charge in [-0.15, -0.1) is 0 Å². The molecule has 3 aliphatic heterocycles. The van der Waals surface area contributed by atoms with Crippen molar-refractivity contribution in [1.82, 2.24) is 20.1 Å². The van der Waals surface area contributed by atoms with E-state index in [9.17, 15) is 9.59 Å². The normalized spacial score (nSPS) is 26.5. The molecule has 11 heteroatoms. The summed E-state index contributed by atoms with van der Waals surface area (Å²) in [6, 6.07) is 10.8. The molecule has 46 heavy (non-hydrogen) atoms. The minimum absolute atomic E-state index is 0.0575. The molecule has 0 unspecified atom stereocenters. The third kappa shape index (κ3) is 6.41. The first-order valence-corrected chi connectivity index (χ1v) is 17.3. The van der Waals surface area contributed by atoms with Gasteiger partial charge in [0.25, 0.3) is 5.91 Å². The summed E-state index contributed by atoms with van der Waals surface area (Å²) in [6.45, 7) is 8.08. The zero-order valence-corrected chi connectivity index (χ0v) is 27.5. The van der Waals surface area contributed by atoms with E-state index in [1.165, 1.54) is 39.0 Å². The lowest BCUT2D eigenvalue weighted by molar-refractivity contribution is -0.119. The summed E-state index contributed by atoms with van der Waals surface area (Å²) >= 11 is 0. The first-order valence-electron chi connectivity index (χ1n) is 17.3. The standard InChI is InChI=1S/C35H49N7O4/c1-23-35(44)39(2)30-11-13-32(38-33(30)42(23)28-14-20-46-21-15-28)37-29-22-24(4-12-31(29)45-3)34(43)36-25-5-7-26(8-6-25)40-16-18-41(19-17-40)27-9-10-27/h4,11-13,22-23,25-28H,5-10,14-21H2,1-3H3,(H,36,43)(H,37,38)/t23-,25-,26+/m1/s1. The number of piperazine rings is 1. The minimum Gasteiger partial charge on any atom is -0.495 e. The second kappa shape index (κ2) is 13.4. The van der Waals surface area contributed by atoms with E-state index >= 15 is 0 Å². The van der Waals surface area contributed by atoms with Crippen molar-refractivity contribution in [2.24, 2.45) is 0 Å². The van der Waals surface area contributed by atoms with Crippen LogP contribution in [-0.2, 0) is 9.53 Å². The quantitative estimate of drug-likeness (QED) is 0.448. The molecule has 0 radical (unpaired) electrons. The van der Waals surface area contributed by atoms with Gasteiger partial charge in [-0.1, -0.05) is 0 Å². The number of fused-ring (bicyclic) bond motifs is 1. The third-order valence-electron chi connectivity index (χ3n) is 10.8. The van der Waals surface area contributed by atoms with Gasteiger partial charge in [-0.3, -0.25) is 19.4 Å². The highest BCUT2D eigenvalue weighted by atomic mass is 16.5. The van der Waals surface area contributed by atoms with Gasteiger partial charge in [0.2, 0.25) is 5.91 Å². The molecule has 7 rings (SSSR count). The molecule has 11 nitrogen and oxygen atoms in total. The van der Waals surface area contributed by atoms with E-state index in [1.54, 1.807) is 19.1 Å². The lowest BCUT2D eigenvalue weighted by Gasteiger charge is -2.44. The minimum atomic E-state index is -0.322. The van der Waals surface area contributed by atoms with E-state index in [0.717, 1.165) is 56.1 Å². The van der Waals surface area contributed by atoms with Crippen molar-refractivity contribution in [2.75, 3.05) is 68.7 Å². The maximum atomic E-state index is 13.5. The second-order valence-electron chi connectivity index (χ2n) is 13.7. The fraction of sp³-hybridized carbons (Fsp3) is 0.629. The molecule has 4 heterocycles. The van der Waals surface area contributed by atoms with Crippen molar-refractivity contribution >= 4 is 34.8 Å². The van der Waals surface area contributed by atoms with Crippen LogP contribution in [0.25, 0.3) is 0 Å². The highest BCUT2D eigenvalue weighted by molar-refractivity contribution is 6.04. The van der Waals surface area contributed by atoms with Gasteiger partial charge in [-0.2, -0.15) is 0 Å². The first-order chi connectivity index (χ1) is 22.4. The Morgan fingerprint density at radius 2 is 1.54 bits per heavy atom. The number of nitrogens with one attached hydrogen (secondary N) is 2. The third-order valence-corrected chi connectivity index (χ3v) is 10.8. The molecule has 2 aromatic rings. The maximum absolute atomic E-state index is 13.5. The fourth-order valence-electron chi connectivity index (χ4n) is 7.96. The van der Waals surface area contributed by atoms with Gasteiger partial charge in [0.05, 0.1) is 18.5 Å². The molecule has 5 aliphatic rings. The van der Waals surface area contributed by atoms with E-state index in [0.29, 0.717) is 42.1 Å². The van der Waals surface area contributed by atoms with Gasteiger partial charge in [-0.05, 0) is 88.6 Å². The van der Waals surface area contributed by atoms with E-state index in [4.69, 9.17) is 14.5 Å². The Morgan fingerprint density at radius 3 is 2.17 bits per heavy atom. The fourth-order valence-corrected chi connectivity index (χ4v) is 7.96. The van der Waals surface area contributed by atoms with Crippen LogP contribution in [0.5, 0.6) is 5.75 Å². The van der Waals surface area contributed by atoms with E-state index in [-0.39, 0.29) is 29.9 Å².